The predicted molar refractivity (Wildman–Crippen MR) is 78.2 cm³/mol. The van der Waals surface area contributed by atoms with Crippen LogP contribution in [0.3, 0.4) is 0 Å². The number of aryl methyl sites for hydroxylation is 1. The fourth-order valence-corrected chi connectivity index (χ4v) is 2.89. The smallest absolute Gasteiger partial charge is 0.202 e. The molecule has 21 heavy (non-hydrogen) atoms. The summed E-state index contributed by atoms with van der Waals surface area (Å²) in [5.41, 5.74) is 1.61. The first-order valence-corrected chi connectivity index (χ1v) is 7.62. The first kappa shape index (κ1) is 14.2. The van der Waals surface area contributed by atoms with Crippen LogP contribution in [0.2, 0.25) is 0 Å². The largest absolute Gasteiger partial charge is 0.467 e. The van der Waals surface area contributed by atoms with Crippen molar-refractivity contribution < 1.29 is 13.9 Å². The summed E-state index contributed by atoms with van der Waals surface area (Å²) in [6, 6.07) is 2.98. The van der Waals surface area contributed by atoms with Gasteiger partial charge >= 0.3 is 0 Å². The molecule has 2 heterocycles. The second kappa shape index (κ2) is 6.36. The van der Waals surface area contributed by atoms with E-state index in [9.17, 15) is 4.39 Å². The zero-order valence-electron chi connectivity index (χ0n) is 11.7. The number of rotatable bonds is 5. The summed E-state index contributed by atoms with van der Waals surface area (Å²) < 4.78 is 28.5. The Morgan fingerprint density at radius 3 is 3.14 bits per heavy atom. The van der Waals surface area contributed by atoms with Gasteiger partial charge in [0, 0.05) is 30.1 Å². The molecule has 1 N–H and O–H groups in total. The normalized spacial score (nSPS) is 13.6. The Labute approximate surface area is 126 Å². The summed E-state index contributed by atoms with van der Waals surface area (Å²) in [6.07, 6.45) is 1.48. The number of anilines is 1. The number of hydrogen-bond acceptors (Lipinski definition) is 6. The molecule has 0 atom stereocenters. The first-order valence-electron chi connectivity index (χ1n) is 6.84. The van der Waals surface area contributed by atoms with E-state index in [4.69, 9.17) is 9.47 Å². The molecule has 1 aliphatic rings. The van der Waals surface area contributed by atoms with E-state index in [-0.39, 0.29) is 12.6 Å². The molecule has 1 aromatic carbocycles. The van der Waals surface area contributed by atoms with Gasteiger partial charge in [0.25, 0.3) is 0 Å². The monoisotopic (exact) mass is 309 g/mol. The predicted octanol–water partition coefficient (Wildman–Crippen LogP) is 2.76. The van der Waals surface area contributed by atoms with Crippen molar-refractivity contribution in [2.24, 2.45) is 0 Å². The fourth-order valence-electron chi connectivity index (χ4n) is 2.22. The Balaban J connectivity index is 1.66. The standard InChI is InChI=1S/C14H16FN3O2S/c1-2-12-17-14(21-18-12)16-4-3-9-5-11(15)6-10-7-19-8-20-13(9)10/h5-6H,2-4,7-8H2,1H3,(H,16,17,18). The Morgan fingerprint density at radius 2 is 2.33 bits per heavy atom. The van der Waals surface area contributed by atoms with E-state index < -0.39 is 0 Å². The van der Waals surface area contributed by atoms with Crippen molar-refractivity contribution in [1.29, 1.82) is 0 Å². The number of nitrogens with one attached hydrogen (secondary N) is 1. The number of nitrogens with zero attached hydrogens (tertiary/aromatic N) is 2. The first-order chi connectivity index (χ1) is 10.3. The molecule has 0 spiro atoms. The third-order valence-corrected chi connectivity index (χ3v) is 3.92. The van der Waals surface area contributed by atoms with Crippen LogP contribution in [0, 0.1) is 5.82 Å². The highest BCUT2D eigenvalue weighted by molar-refractivity contribution is 7.09. The zero-order chi connectivity index (χ0) is 14.7. The molecule has 0 amide bonds. The van der Waals surface area contributed by atoms with Crippen molar-refractivity contribution in [3.8, 4) is 5.75 Å². The maximum absolute atomic E-state index is 13.6. The molecule has 0 saturated carbocycles. The SMILES string of the molecule is CCc1nsc(NCCc2cc(F)cc3c2OCOC3)n1. The van der Waals surface area contributed by atoms with Crippen molar-refractivity contribution in [1.82, 2.24) is 9.36 Å². The van der Waals surface area contributed by atoms with Gasteiger partial charge < -0.3 is 14.8 Å². The number of fused-ring (bicyclic) bond motifs is 1. The van der Waals surface area contributed by atoms with Gasteiger partial charge in [-0.2, -0.15) is 4.37 Å². The fraction of sp³-hybridized carbons (Fsp3) is 0.429. The van der Waals surface area contributed by atoms with E-state index in [2.05, 4.69) is 14.7 Å². The van der Waals surface area contributed by atoms with Gasteiger partial charge in [0.2, 0.25) is 5.13 Å². The van der Waals surface area contributed by atoms with Gasteiger partial charge in [-0.15, -0.1) is 0 Å². The molecular weight excluding hydrogens is 293 g/mol. The van der Waals surface area contributed by atoms with Crippen LogP contribution in [0.15, 0.2) is 12.1 Å². The molecular formula is C14H16FN3O2S. The molecule has 3 rings (SSSR count). The zero-order valence-corrected chi connectivity index (χ0v) is 12.5. The molecule has 0 fully saturated rings. The van der Waals surface area contributed by atoms with Gasteiger partial charge in [-0.1, -0.05) is 6.92 Å². The third kappa shape index (κ3) is 3.30. The van der Waals surface area contributed by atoms with Gasteiger partial charge in [0.05, 0.1) is 6.61 Å². The third-order valence-electron chi connectivity index (χ3n) is 3.21. The molecule has 1 aliphatic heterocycles. The highest BCUT2D eigenvalue weighted by Gasteiger charge is 2.16. The lowest BCUT2D eigenvalue weighted by atomic mass is 10.1. The van der Waals surface area contributed by atoms with E-state index >= 15 is 0 Å². The van der Waals surface area contributed by atoms with E-state index in [0.717, 1.165) is 34.3 Å². The Hall–Kier alpha value is -1.73. The van der Waals surface area contributed by atoms with Crippen molar-refractivity contribution in [2.45, 2.75) is 26.4 Å². The summed E-state index contributed by atoms with van der Waals surface area (Å²) in [7, 11) is 0. The van der Waals surface area contributed by atoms with Crippen LogP contribution in [-0.4, -0.2) is 22.7 Å². The van der Waals surface area contributed by atoms with Gasteiger partial charge in [-0.25, -0.2) is 9.37 Å². The molecule has 0 radical (unpaired) electrons. The summed E-state index contributed by atoms with van der Waals surface area (Å²) >= 11 is 1.34. The molecule has 112 valence electrons. The summed E-state index contributed by atoms with van der Waals surface area (Å²) in [5.74, 6) is 1.32. The molecule has 0 bridgehead atoms. The minimum Gasteiger partial charge on any atom is -0.467 e. The van der Waals surface area contributed by atoms with Crippen molar-refractivity contribution >= 4 is 16.7 Å². The number of benzene rings is 1. The number of ether oxygens (including phenoxy) is 2. The molecule has 0 unspecified atom stereocenters. The molecule has 0 saturated heterocycles. The second-order valence-electron chi connectivity index (χ2n) is 4.71. The average Bonchev–Trinajstić information content (AvgIpc) is 2.95. The van der Waals surface area contributed by atoms with Gasteiger partial charge in [0.1, 0.15) is 17.4 Å². The lowest BCUT2D eigenvalue weighted by molar-refractivity contribution is -0.0172. The lowest BCUT2D eigenvalue weighted by Gasteiger charge is -2.20. The molecule has 2 aromatic rings. The average molecular weight is 309 g/mol. The minimum absolute atomic E-state index is 0.218. The van der Waals surface area contributed by atoms with Crippen LogP contribution in [0.5, 0.6) is 5.75 Å². The highest BCUT2D eigenvalue weighted by atomic mass is 32.1. The number of halogens is 1. The van der Waals surface area contributed by atoms with Crippen LogP contribution in [0.25, 0.3) is 0 Å². The van der Waals surface area contributed by atoms with Crippen molar-refractivity contribution in [3.63, 3.8) is 0 Å². The van der Waals surface area contributed by atoms with Crippen LogP contribution in [0.1, 0.15) is 23.9 Å². The van der Waals surface area contributed by atoms with Gasteiger partial charge in [-0.3, -0.25) is 0 Å². The number of hydrogen-bond donors (Lipinski definition) is 1. The maximum atomic E-state index is 13.6. The van der Waals surface area contributed by atoms with Crippen molar-refractivity contribution in [2.75, 3.05) is 18.7 Å². The van der Waals surface area contributed by atoms with Crippen LogP contribution in [0.4, 0.5) is 9.52 Å². The summed E-state index contributed by atoms with van der Waals surface area (Å²) in [4.78, 5) is 4.34. The van der Waals surface area contributed by atoms with Crippen molar-refractivity contribution in [3.05, 3.63) is 34.9 Å². The lowest BCUT2D eigenvalue weighted by Crippen LogP contribution is -2.15. The van der Waals surface area contributed by atoms with Crippen LogP contribution >= 0.6 is 11.5 Å². The van der Waals surface area contributed by atoms with E-state index in [1.165, 1.54) is 23.7 Å². The van der Waals surface area contributed by atoms with Gasteiger partial charge in [-0.05, 0) is 24.1 Å². The van der Waals surface area contributed by atoms with E-state index in [1.807, 2.05) is 6.92 Å². The van der Waals surface area contributed by atoms with Crippen LogP contribution < -0.4 is 10.1 Å². The summed E-state index contributed by atoms with van der Waals surface area (Å²) in [6.45, 7) is 3.28. The Morgan fingerprint density at radius 1 is 1.43 bits per heavy atom. The topological polar surface area (TPSA) is 56.3 Å². The number of aromatic nitrogens is 2. The molecule has 7 heteroatoms. The Bertz CT molecular complexity index is 633. The highest BCUT2D eigenvalue weighted by Crippen LogP contribution is 2.29. The van der Waals surface area contributed by atoms with Crippen LogP contribution in [-0.2, 0) is 24.2 Å². The van der Waals surface area contributed by atoms with E-state index in [1.54, 1.807) is 0 Å². The molecule has 0 aliphatic carbocycles. The second-order valence-corrected chi connectivity index (χ2v) is 5.46. The molecule has 1 aromatic heterocycles. The Kier molecular flexibility index (Phi) is 4.31. The van der Waals surface area contributed by atoms with E-state index in [0.29, 0.717) is 19.6 Å². The summed E-state index contributed by atoms with van der Waals surface area (Å²) in [5, 5.41) is 4.00. The quantitative estimate of drug-likeness (QED) is 0.920. The minimum atomic E-state index is -0.262. The maximum Gasteiger partial charge on any atom is 0.202 e. The molecule has 5 nitrogen and oxygen atoms in total. The van der Waals surface area contributed by atoms with Gasteiger partial charge in [0.15, 0.2) is 6.79 Å².